The Morgan fingerprint density at radius 1 is 1.55 bits per heavy atom. The number of thiophene rings is 1. The summed E-state index contributed by atoms with van der Waals surface area (Å²) in [6.45, 7) is 5.96. The van der Waals surface area contributed by atoms with Gasteiger partial charge in [0.25, 0.3) is 5.91 Å². The highest BCUT2D eigenvalue weighted by molar-refractivity contribution is 7.13. The van der Waals surface area contributed by atoms with Crippen LogP contribution in [-0.4, -0.2) is 39.8 Å². The van der Waals surface area contributed by atoms with Gasteiger partial charge in [0.15, 0.2) is 11.5 Å². The Labute approximate surface area is 121 Å². The molecule has 0 spiro atoms. The number of likely N-dealkylation sites (N-methyl/N-ethyl adjacent to an activating group) is 1. The van der Waals surface area contributed by atoms with E-state index < -0.39 is 5.60 Å². The summed E-state index contributed by atoms with van der Waals surface area (Å²) in [6.07, 6.45) is 0. The van der Waals surface area contributed by atoms with Crippen LogP contribution in [0.3, 0.4) is 0 Å². The van der Waals surface area contributed by atoms with Crippen molar-refractivity contribution in [3.8, 4) is 10.6 Å². The molecule has 20 heavy (non-hydrogen) atoms. The molecule has 0 aliphatic rings. The van der Waals surface area contributed by atoms with E-state index in [-0.39, 0.29) is 18.1 Å². The van der Waals surface area contributed by atoms with Gasteiger partial charge in [0.2, 0.25) is 0 Å². The van der Waals surface area contributed by atoms with Crippen molar-refractivity contribution in [1.29, 1.82) is 0 Å². The van der Waals surface area contributed by atoms with E-state index in [1.165, 1.54) is 11.3 Å². The number of nitrogens with zero attached hydrogens (tertiary/aromatic N) is 2. The molecule has 2 heterocycles. The lowest BCUT2D eigenvalue weighted by atomic mass is 10.1. The molecular weight excluding hydrogens is 276 g/mol. The third-order valence-corrected chi connectivity index (χ3v) is 3.62. The van der Waals surface area contributed by atoms with Crippen LogP contribution >= 0.6 is 11.3 Å². The van der Waals surface area contributed by atoms with Crippen molar-refractivity contribution in [3.05, 3.63) is 29.3 Å². The van der Waals surface area contributed by atoms with E-state index in [1.807, 2.05) is 24.4 Å². The number of carbonyl (C=O) groups excluding carboxylic acids is 1. The smallest absolute Gasteiger partial charge is 0.276 e. The van der Waals surface area contributed by atoms with E-state index in [2.05, 4.69) is 5.16 Å². The van der Waals surface area contributed by atoms with E-state index >= 15 is 0 Å². The van der Waals surface area contributed by atoms with Gasteiger partial charge in [-0.2, -0.15) is 0 Å². The number of hydrogen-bond acceptors (Lipinski definition) is 5. The van der Waals surface area contributed by atoms with Crippen LogP contribution in [0.1, 0.15) is 31.3 Å². The molecule has 2 aromatic rings. The summed E-state index contributed by atoms with van der Waals surface area (Å²) in [5.41, 5.74) is -0.675. The van der Waals surface area contributed by atoms with Crippen molar-refractivity contribution in [1.82, 2.24) is 10.1 Å². The van der Waals surface area contributed by atoms with Gasteiger partial charge in [-0.3, -0.25) is 4.79 Å². The van der Waals surface area contributed by atoms with Crippen LogP contribution < -0.4 is 0 Å². The summed E-state index contributed by atoms with van der Waals surface area (Å²) in [5, 5.41) is 15.6. The Hall–Kier alpha value is -1.66. The number of hydrogen-bond donors (Lipinski definition) is 1. The summed E-state index contributed by atoms with van der Waals surface area (Å²) < 4.78 is 5.21. The predicted octanol–water partition coefficient (Wildman–Crippen LogP) is 2.64. The second kappa shape index (κ2) is 5.76. The van der Waals surface area contributed by atoms with Gasteiger partial charge in [-0.15, -0.1) is 11.3 Å². The summed E-state index contributed by atoms with van der Waals surface area (Å²) in [5.74, 6) is 0.351. The standard InChI is InChI=1S/C14H18N2O3S/c1-4-16(9-14(2,3)18)13(17)10-8-11(19-15-10)12-6-5-7-20-12/h5-8,18H,4,9H2,1-3H3. The van der Waals surface area contributed by atoms with E-state index in [4.69, 9.17) is 4.52 Å². The van der Waals surface area contributed by atoms with Crippen molar-refractivity contribution in [2.24, 2.45) is 0 Å². The Balaban J connectivity index is 2.16. The zero-order chi connectivity index (χ0) is 14.8. The summed E-state index contributed by atoms with van der Waals surface area (Å²) in [4.78, 5) is 14.8. The quantitative estimate of drug-likeness (QED) is 0.920. The molecule has 1 amide bonds. The second-order valence-electron chi connectivity index (χ2n) is 5.19. The van der Waals surface area contributed by atoms with Gasteiger partial charge in [0, 0.05) is 19.2 Å². The zero-order valence-electron chi connectivity index (χ0n) is 11.8. The van der Waals surface area contributed by atoms with E-state index in [1.54, 1.807) is 24.8 Å². The molecular formula is C14H18N2O3S. The Kier molecular flexibility index (Phi) is 4.25. The molecule has 0 aromatic carbocycles. The fourth-order valence-corrected chi connectivity index (χ4v) is 2.54. The van der Waals surface area contributed by atoms with Crippen LogP contribution in [0.2, 0.25) is 0 Å². The van der Waals surface area contributed by atoms with Crippen LogP contribution in [0.4, 0.5) is 0 Å². The molecule has 0 fully saturated rings. The second-order valence-corrected chi connectivity index (χ2v) is 6.13. The molecule has 0 bridgehead atoms. The highest BCUT2D eigenvalue weighted by Gasteiger charge is 2.24. The Bertz CT molecular complexity index is 570. The molecule has 0 unspecified atom stereocenters. The monoisotopic (exact) mass is 294 g/mol. The fraction of sp³-hybridized carbons (Fsp3) is 0.429. The molecule has 6 heteroatoms. The number of carbonyl (C=O) groups is 1. The minimum Gasteiger partial charge on any atom is -0.389 e. The molecule has 2 rings (SSSR count). The minimum absolute atomic E-state index is 0.235. The summed E-state index contributed by atoms with van der Waals surface area (Å²) >= 11 is 1.53. The van der Waals surface area contributed by atoms with Gasteiger partial charge in [-0.05, 0) is 32.2 Å². The lowest BCUT2D eigenvalue weighted by Crippen LogP contribution is -2.42. The number of amides is 1. The van der Waals surface area contributed by atoms with E-state index in [0.29, 0.717) is 12.3 Å². The van der Waals surface area contributed by atoms with E-state index in [9.17, 15) is 9.90 Å². The normalized spacial score (nSPS) is 11.6. The summed E-state index contributed by atoms with van der Waals surface area (Å²) in [7, 11) is 0. The topological polar surface area (TPSA) is 66.6 Å². The minimum atomic E-state index is -0.939. The van der Waals surface area contributed by atoms with Gasteiger partial charge < -0.3 is 14.5 Å². The molecule has 2 aromatic heterocycles. The molecule has 108 valence electrons. The van der Waals surface area contributed by atoms with Crippen LogP contribution in [0, 0.1) is 0 Å². The third kappa shape index (κ3) is 3.46. The number of aliphatic hydroxyl groups is 1. The van der Waals surface area contributed by atoms with Gasteiger partial charge in [0.1, 0.15) is 0 Å². The lowest BCUT2D eigenvalue weighted by molar-refractivity contribution is 0.0309. The van der Waals surface area contributed by atoms with Crippen LogP contribution in [0.25, 0.3) is 10.6 Å². The fourth-order valence-electron chi connectivity index (χ4n) is 1.87. The molecule has 0 radical (unpaired) electrons. The Morgan fingerprint density at radius 2 is 2.30 bits per heavy atom. The first-order valence-corrected chi connectivity index (χ1v) is 7.31. The number of rotatable bonds is 5. The highest BCUT2D eigenvalue weighted by atomic mass is 32.1. The number of aromatic nitrogens is 1. The molecule has 0 saturated heterocycles. The van der Waals surface area contributed by atoms with Gasteiger partial charge in [-0.1, -0.05) is 11.2 Å². The van der Waals surface area contributed by atoms with E-state index in [0.717, 1.165) is 4.88 Å². The van der Waals surface area contributed by atoms with Crippen molar-refractivity contribution < 1.29 is 14.4 Å². The average Bonchev–Trinajstić information content (AvgIpc) is 3.03. The van der Waals surface area contributed by atoms with Crippen molar-refractivity contribution in [2.75, 3.05) is 13.1 Å². The molecule has 0 atom stereocenters. The maximum Gasteiger partial charge on any atom is 0.276 e. The SMILES string of the molecule is CCN(CC(C)(C)O)C(=O)c1cc(-c2cccs2)on1. The van der Waals surface area contributed by atoms with Crippen LogP contribution in [0.5, 0.6) is 0 Å². The third-order valence-electron chi connectivity index (χ3n) is 2.74. The largest absolute Gasteiger partial charge is 0.389 e. The van der Waals surface area contributed by atoms with Gasteiger partial charge in [0.05, 0.1) is 10.5 Å². The predicted molar refractivity (Wildman–Crippen MR) is 77.7 cm³/mol. The lowest BCUT2D eigenvalue weighted by Gasteiger charge is -2.27. The van der Waals surface area contributed by atoms with Gasteiger partial charge in [-0.25, -0.2) is 0 Å². The molecule has 0 aliphatic carbocycles. The maximum absolute atomic E-state index is 12.3. The van der Waals surface area contributed by atoms with Gasteiger partial charge >= 0.3 is 0 Å². The first-order chi connectivity index (χ1) is 9.40. The van der Waals surface area contributed by atoms with Crippen LogP contribution in [-0.2, 0) is 0 Å². The first kappa shape index (κ1) is 14.7. The van der Waals surface area contributed by atoms with Crippen LogP contribution in [0.15, 0.2) is 28.1 Å². The van der Waals surface area contributed by atoms with Crippen molar-refractivity contribution in [2.45, 2.75) is 26.4 Å². The average molecular weight is 294 g/mol. The molecule has 0 aliphatic heterocycles. The zero-order valence-corrected chi connectivity index (χ0v) is 12.6. The molecule has 1 N–H and O–H groups in total. The van der Waals surface area contributed by atoms with Crippen molar-refractivity contribution in [3.63, 3.8) is 0 Å². The van der Waals surface area contributed by atoms with Crippen molar-refractivity contribution >= 4 is 17.2 Å². The highest BCUT2D eigenvalue weighted by Crippen LogP contribution is 2.25. The first-order valence-electron chi connectivity index (χ1n) is 6.43. The summed E-state index contributed by atoms with van der Waals surface area (Å²) in [6, 6.07) is 5.46. The Morgan fingerprint density at radius 3 is 2.85 bits per heavy atom. The molecule has 0 saturated carbocycles. The maximum atomic E-state index is 12.3. The molecule has 5 nitrogen and oxygen atoms in total.